The zero-order valence-electron chi connectivity index (χ0n) is 8.95. The highest BCUT2D eigenvalue weighted by atomic mass is 79.9. The number of anilines is 1. The lowest BCUT2D eigenvalue weighted by Crippen LogP contribution is -1.91. The number of hydrogen-bond acceptors (Lipinski definition) is 4. The summed E-state index contributed by atoms with van der Waals surface area (Å²) in [5.41, 5.74) is 7.38. The third-order valence-electron chi connectivity index (χ3n) is 2.28. The summed E-state index contributed by atoms with van der Waals surface area (Å²) < 4.78 is 11.4. The molecule has 0 atom stereocenters. The van der Waals surface area contributed by atoms with Gasteiger partial charge in [0, 0.05) is 10.5 Å². The fourth-order valence-electron chi connectivity index (χ4n) is 1.56. The van der Waals surface area contributed by atoms with Crippen molar-refractivity contribution in [1.82, 2.24) is 5.16 Å². The smallest absolute Gasteiger partial charge is 0.173 e. The number of nitrogens with zero attached hydrogens (tertiary/aromatic N) is 1. The van der Waals surface area contributed by atoms with E-state index in [1.807, 2.05) is 19.1 Å². The van der Waals surface area contributed by atoms with Crippen LogP contribution in [0.1, 0.15) is 5.56 Å². The fraction of sp³-hybridized carbons (Fsp3) is 0.182. The van der Waals surface area contributed by atoms with Crippen LogP contribution >= 0.6 is 15.9 Å². The van der Waals surface area contributed by atoms with Crippen LogP contribution in [0, 0.1) is 6.92 Å². The van der Waals surface area contributed by atoms with E-state index in [2.05, 4.69) is 21.1 Å². The van der Waals surface area contributed by atoms with Crippen LogP contribution in [0.15, 0.2) is 27.2 Å². The van der Waals surface area contributed by atoms with Crippen molar-refractivity contribution in [2.24, 2.45) is 0 Å². The molecule has 0 saturated carbocycles. The van der Waals surface area contributed by atoms with Crippen molar-refractivity contribution >= 4 is 21.7 Å². The molecule has 2 N–H and O–H groups in total. The summed E-state index contributed by atoms with van der Waals surface area (Å²) in [4.78, 5) is 0. The van der Waals surface area contributed by atoms with E-state index in [1.165, 1.54) is 0 Å². The van der Waals surface area contributed by atoms with Gasteiger partial charge in [-0.05, 0) is 34.5 Å². The normalized spacial score (nSPS) is 10.4. The van der Waals surface area contributed by atoms with Gasteiger partial charge in [-0.2, -0.15) is 0 Å². The molecule has 84 valence electrons. The first-order chi connectivity index (χ1) is 7.63. The van der Waals surface area contributed by atoms with Crippen molar-refractivity contribution in [2.75, 3.05) is 12.8 Å². The maximum atomic E-state index is 5.53. The molecule has 1 aromatic carbocycles. The second-order valence-electron chi connectivity index (χ2n) is 3.39. The number of nitrogen functional groups attached to an aromatic ring is 1. The van der Waals surface area contributed by atoms with Gasteiger partial charge in [0.1, 0.15) is 5.75 Å². The Morgan fingerprint density at radius 2 is 2.19 bits per heavy atom. The molecule has 0 spiro atoms. The van der Waals surface area contributed by atoms with Gasteiger partial charge in [-0.15, -0.1) is 0 Å². The standard InChI is InChI=1S/C11H11BrN2O2/c1-6-3-4-7(12)10(11(6)15-2)8-5-9(13)14-16-8/h3-5H,1-2H3,(H2,13,14). The van der Waals surface area contributed by atoms with Gasteiger partial charge < -0.3 is 15.0 Å². The van der Waals surface area contributed by atoms with Crippen molar-refractivity contribution in [3.8, 4) is 17.1 Å². The number of nitrogens with two attached hydrogens (primary N) is 1. The Labute approximate surface area is 102 Å². The van der Waals surface area contributed by atoms with Gasteiger partial charge in [0.2, 0.25) is 0 Å². The predicted molar refractivity (Wildman–Crippen MR) is 65.3 cm³/mol. The topological polar surface area (TPSA) is 61.3 Å². The highest BCUT2D eigenvalue weighted by Gasteiger charge is 2.16. The van der Waals surface area contributed by atoms with Gasteiger partial charge in [0.05, 0.1) is 12.7 Å². The molecule has 0 fully saturated rings. The maximum absolute atomic E-state index is 5.53. The summed E-state index contributed by atoms with van der Waals surface area (Å²) in [5.74, 6) is 1.70. The Morgan fingerprint density at radius 1 is 1.44 bits per heavy atom. The molecule has 5 heteroatoms. The monoisotopic (exact) mass is 282 g/mol. The first-order valence-corrected chi connectivity index (χ1v) is 5.48. The van der Waals surface area contributed by atoms with Crippen molar-refractivity contribution < 1.29 is 9.26 Å². The first-order valence-electron chi connectivity index (χ1n) is 4.69. The Morgan fingerprint density at radius 3 is 2.75 bits per heavy atom. The molecule has 4 nitrogen and oxygen atoms in total. The Hall–Kier alpha value is -1.49. The third kappa shape index (κ3) is 1.78. The summed E-state index contributed by atoms with van der Waals surface area (Å²) in [7, 11) is 1.62. The lowest BCUT2D eigenvalue weighted by Gasteiger charge is -2.10. The molecule has 16 heavy (non-hydrogen) atoms. The minimum absolute atomic E-state index is 0.352. The molecular weight excluding hydrogens is 272 g/mol. The van der Waals surface area contributed by atoms with E-state index in [1.54, 1.807) is 13.2 Å². The lowest BCUT2D eigenvalue weighted by atomic mass is 10.1. The van der Waals surface area contributed by atoms with Crippen LogP contribution in [0.25, 0.3) is 11.3 Å². The molecule has 0 radical (unpaired) electrons. The molecule has 1 heterocycles. The van der Waals surface area contributed by atoms with Crippen LogP contribution in [0.2, 0.25) is 0 Å². The molecule has 0 aliphatic rings. The summed E-state index contributed by atoms with van der Waals surface area (Å²) in [6, 6.07) is 5.57. The number of aromatic nitrogens is 1. The second-order valence-corrected chi connectivity index (χ2v) is 4.24. The highest BCUT2D eigenvalue weighted by Crippen LogP contribution is 2.39. The Kier molecular flexibility index (Phi) is 2.87. The second kappa shape index (κ2) is 4.17. The van der Waals surface area contributed by atoms with E-state index < -0.39 is 0 Å². The van der Waals surface area contributed by atoms with E-state index in [0.717, 1.165) is 21.3 Å². The summed E-state index contributed by atoms with van der Waals surface area (Å²) in [6.45, 7) is 1.97. The van der Waals surface area contributed by atoms with Crippen molar-refractivity contribution in [2.45, 2.75) is 6.92 Å². The summed E-state index contributed by atoms with van der Waals surface area (Å²) >= 11 is 3.46. The zero-order valence-corrected chi connectivity index (χ0v) is 10.5. The van der Waals surface area contributed by atoms with Gasteiger partial charge in [0.15, 0.2) is 11.6 Å². The van der Waals surface area contributed by atoms with Crippen LogP contribution in [0.3, 0.4) is 0 Å². The van der Waals surface area contributed by atoms with Gasteiger partial charge in [-0.3, -0.25) is 0 Å². The van der Waals surface area contributed by atoms with Crippen molar-refractivity contribution in [3.05, 3.63) is 28.2 Å². The van der Waals surface area contributed by atoms with Gasteiger partial charge in [0.25, 0.3) is 0 Å². The van der Waals surface area contributed by atoms with Crippen LogP contribution in [0.4, 0.5) is 5.82 Å². The van der Waals surface area contributed by atoms with Crippen LogP contribution in [-0.4, -0.2) is 12.3 Å². The number of rotatable bonds is 2. The van der Waals surface area contributed by atoms with E-state index >= 15 is 0 Å². The molecule has 0 bridgehead atoms. The first kappa shape index (κ1) is 11.0. The molecular formula is C11H11BrN2O2. The largest absolute Gasteiger partial charge is 0.496 e. The minimum Gasteiger partial charge on any atom is -0.496 e. The maximum Gasteiger partial charge on any atom is 0.173 e. The van der Waals surface area contributed by atoms with Crippen LogP contribution in [-0.2, 0) is 0 Å². The van der Waals surface area contributed by atoms with Crippen molar-refractivity contribution in [1.29, 1.82) is 0 Å². The molecule has 0 aliphatic carbocycles. The number of halogens is 1. The molecule has 0 amide bonds. The zero-order chi connectivity index (χ0) is 11.7. The summed E-state index contributed by atoms with van der Waals surface area (Å²) in [6.07, 6.45) is 0. The van der Waals surface area contributed by atoms with E-state index in [0.29, 0.717) is 11.6 Å². The number of ether oxygens (including phenoxy) is 1. The molecule has 0 saturated heterocycles. The quantitative estimate of drug-likeness (QED) is 0.920. The Balaban J connectivity index is 2.67. The number of aryl methyl sites for hydroxylation is 1. The number of methoxy groups -OCH3 is 1. The predicted octanol–water partition coefficient (Wildman–Crippen LogP) is 3.00. The molecule has 2 aromatic rings. The SMILES string of the molecule is COc1c(C)ccc(Br)c1-c1cc(N)no1. The molecule has 0 unspecified atom stereocenters. The van der Waals surface area contributed by atoms with Gasteiger partial charge in [-0.1, -0.05) is 11.2 Å². The van der Waals surface area contributed by atoms with Gasteiger partial charge >= 0.3 is 0 Å². The minimum atomic E-state index is 0.352. The lowest BCUT2D eigenvalue weighted by molar-refractivity contribution is 0.404. The van der Waals surface area contributed by atoms with E-state index in [4.69, 9.17) is 15.0 Å². The molecule has 2 rings (SSSR count). The molecule has 0 aliphatic heterocycles. The van der Waals surface area contributed by atoms with E-state index in [9.17, 15) is 0 Å². The highest BCUT2D eigenvalue weighted by molar-refractivity contribution is 9.10. The van der Waals surface area contributed by atoms with Crippen LogP contribution in [0.5, 0.6) is 5.75 Å². The third-order valence-corrected chi connectivity index (χ3v) is 2.94. The number of hydrogen-bond donors (Lipinski definition) is 1. The van der Waals surface area contributed by atoms with Crippen LogP contribution < -0.4 is 10.5 Å². The fourth-order valence-corrected chi connectivity index (χ4v) is 2.07. The van der Waals surface area contributed by atoms with Crippen molar-refractivity contribution in [3.63, 3.8) is 0 Å². The van der Waals surface area contributed by atoms with E-state index in [-0.39, 0.29) is 0 Å². The molecule has 1 aromatic heterocycles. The summed E-state index contributed by atoms with van der Waals surface area (Å²) in [5, 5.41) is 3.67. The number of benzene rings is 1. The average Bonchev–Trinajstić information content (AvgIpc) is 2.67. The Bertz CT molecular complexity index is 523. The van der Waals surface area contributed by atoms with Gasteiger partial charge in [-0.25, -0.2) is 0 Å². The average molecular weight is 283 g/mol.